The van der Waals surface area contributed by atoms with Crippen LogP contribution in [0, 0.1) is 5.92 Å². The number of aliphatic carboxylic acids is 1. The Morgan fingerprint density at radius 2 is 1.95 bits per heavy atom. The number of para-hydroxylation sites is 1. The van der Waals surface area contributed by atoms with Crippen molar-refractivity contribution in [3.63, 3.8) is 0 Å². The van der Waals surface area contributed by atoms with Crippen molar-refractivity contribution in [3.05, 3.63) is 30.3 Å². The van der Waals surface area contributed by atoms with Gasteiger partial charge in [0, 0.05) is 5.75 Å². The number of carbonyl (C=O) groups is 2. The summed E-state index contributed by atoms with van der Waals surface area (Å²) in [5, 5.41) is 8.98. The van der Waals surface area contributed by atoms with Gasteiger partial charge in [-0.3, -0.25) is 4.79 Å². The molecule has 0 aliphatic heterocycles. The summed E-state index contributed by atoms with van der Waals surface area (Å²) in [5.74, 6) is -1.48. The number of rotatable bonds is 7. The zero-order valence-electron chi connectivity index (χ0n) is 10.5. The fourth-order valence-electron chi connectivity index (χ4n) is 1.18. The summed E-state index contributed by atoms with van der Waals surface area (Å²) < 4.78 is 10.1. The second-order valence-electron chi connectivity index (χ2n) is 3.97. The summed E-state index contributed by atoms with van der Waals surface area (Å²) >= 11 is 3.96. The lowest BCUT2D eigenvalue weighted by molar-refractivity contribution is -0.168. The second kappa shape index (κ2) is 7.68. The van der Waals surface area contributed by atoms with E-state index in [2.05, 4.69) is 12.6 Å². The Bertz CT molecular complexity index is 420. The molecule has 0 saturated carbocycles. The van der Waals surface area contributed by atoms with Crippen molar-refractivity contribution in [1.29, 1.82) is 0 Å². The Kier molecular flexibility index (Phi) is 6.21. The maximum Gasteiger partial charge on any atom is 0.348 e. The molecule has 19 heavy (non-hydrogen) atoms. The summed E-state index contributed by atoms with van der Waals surface area (Å²) in [6.07, 6.45) is -1.32. The highest BCUT2D eigenvalue weighted by atomic mass is 32.1. The number of esters is 1. The van der Waals surface area contributed by atoms with Gasteiger partial charge in [-0.25, -0.2) is 4.79 Å². The molecule has 0 aliphatic carbocycles. The zero-order chi connectivity index (χ0) is 14.3. The van der Waals surface area contributed by atoms with E-state index in [1.165, 1.54) is 0 Å². The topological polar surface area (TPSA) is 72.8 Å². The second-order valence-corrected chi connectivity index (χ2v) is 4.34. The van der Waals surface area contributed by atoms with E-state index < -0.39 is 24.0 Å². The first-order chi connectivity index (χ1) is 9.04. The molecule has 1 rings (SSSR count). The predicted octanol–water partition coefficient (Wildman–Crippen LogP) is 1.63. The van der Waals surface area contributed by atoms with Gasteiger partial charge in [-0.1, -0.05) is 25.1 Å². The molecular weight excluding hydrogens is 268 g/mol. The third-order valence-corrected chi connectivity index (χ3v) is 2.90. The van der Waals surface area contributed by atoms with Crippen molar-refractivity contribution in [2.75, 3.05) is 12.4 Å². The lowest BCUT2D eigenvalue weighted by atomic mass is 10.2. The van der Waals surface area contributed by atoms with Crippen LogP contribution in [0.4, 0.5) is 0 Å². The van der Waals surface area contributed by atoms with Crippen LogP contribution >= 0.6 is 12.6 Å². The van der Waals surface area contributed by atoms with Gasteiger partial charge in [-0.05, 0) is 12.1 Å². The number of benzene rings is 1. The van der Waals surface area contributed by atoms with Crippen molar-refractivity contribution in [2.45, 2.75) is 13.0 Å². The number of carboxylic acids is 1. The van der Waals surface area contributed by atoms with Gasteiger partial charge in [0.1, 0.15) is 12.4 Å². The van der Waals surface area contributed by atoms with Crippen LogP contribution in [0.3, 0.4) is 0 Å². The van der Waals surface area contributed by atoms with E-state index in [1.54, 1.807) is 31.2 Å². The van der Waals surface area contributed by atoms with Crippen LogP contribution in [-0.4, -0.2) is 35.5 Å². The van der Waals surface area contributed by atoms with Gasteiger partial charge in [0.05, 0.1) is 5.92 Å². The predicted molar refractivity (Wildman–Crippen MR) is 72.5 cm³/mol. The molecule has 1 aromatic rings. The minimum Gasteiger partial charge on any atom is -0.489 e. The van der Waals surface area contributed by atoms with Crippen molar-refractivity contribution < 1.29 is 24.2 Å². The monoisotopic (exact) mass is 284 g/mol. The summed E-state index contributed by atoms with van der Waals surface area (Å²) in [5.41, 5.74) is 0. The number of hydrogen-bond acceptors (Lipinski definition) is 5. The van der Waals surface area contributed by atoms with Crippen molar-refractivity contribution in [1.82, 2.24) is 0 Å². The van der Waals surface area contributed by atoms with Gasteiger partial charge in [0.15, 0.2) is 0 Å². The number of carboxylic acid groups (broad SMARTS) is 1. The van der Waals surface area contributed by atoms with Crippen LogP contribution in [0.25, 0.3) is 0 Å². The lowest BCUT2D eigenvalue weighted by Gasteiger charge is -2.16. The molecular formula is C13H16O5S. The van der Waals surface area contributed by atoms with E-state index in [0.717, 1.165) is 0 Å². The van der Waals surface area contributed by atoms with Crippen molar-refractivity contribution >= 4 is 24.6 Å². The van der Waals surface area contributed by atoms with Gasteiger partial charge in [-0.15, -0.1) is 0 Å². The largest absolute Gasteiger partial charge is 0.489 e. The van der Waals surface area contributed by atoms with Crippen LogP contribution < -0.4 is 4.74 Å². The standard InChI is InChI=1S/C13H16O5S/c1-9(8-19)13(16)18-11(12(14)15)7-17-10-5-3-2-4-6-10/h2-6,9,11,19H,7-8H2,1H3,(H,14,15)/t9-,11?/m1/s1. The van der Waals surface area contributed by atoms with E-state index in [-0.39, 0.29) is 6.61 Å². The minimum atomic E-state index is -1.32. The summed E-state index contributed by atoms with van der Waals surface area (Å²) in [4.78, 5) is 22.5. The maximum atomic E-state index is 11.5. The molecule has 0 aromatic heterocycles. The quantitative estimate of drug-likeness (QED) is 0.588. The molecule has 0 amide bonds. The molecule has 0 radical (unpaired) electrons. The minimum absolute atomic E-state index is 0.232. The first kappa shape index (κ1) is 15.4. The smallest absolute Gasteiger partial charge is 0.348 e. The normalized spacial score (nSPS) is 13.4. The van der Waals surface area contributed by atoms with Crippen LogP contribution in [0.1, 0.15) is 6.92 Å². The Hall–Kier alpha value is -1.69. The number of ether oxygens (including phenoxy) is 2. The third-order valence-electron chi connectivity index (χ3n) is 2.35. The molecule has 1 N–H and O–H groups in total. The summed E-state index contributed by atoms with van der Waals surface area (Å²) in [6, 6.07) is 8.73. The molecule has 0 saturated heterocycles. The molecule has 1 unspecified atom stereocenters. The van der Waals surface area contributed by atoms with Crippen LogP contribution in [0.5, 0.6) is 5.75 Å². The summed E-state index contributed by atoms with van der Waals surface area (Å²) in [6.45, 7) is 1.39. The Morgan fingerprint density at radius 3 is 2.47 bits per heavy atom. The van der Waals surface area contributed by atoms with E-state index >= 15 is 0 Å². The van der Waals surface area contributed by atoms with E-state index in [4.69, 9.17) is 14.6 Å². The summed E-state index contributed by atoms with van der Waals surface area (Å²) in [7, 11) is 0. The highest BCUT2D eigenvalue weighted by Crippen LogP contribution is 2.10. The average molecular weight is 284 g/mol. The molecule has 104 valence electrons. The first-order valence-corrected chi connectivity index (χ1v) is 6.40. The molecule has 2 atom stereocenters. The lowest BCUT2D eigenvalue weighted by Crippen LogP contribution is -2.34. The van der Waals surface area contributed by atoms with E-state index in [0.29, 0.717) is 11.5 Å². The van der Waals surface area contributed by atoms with Crippen LogP contribution in [-0.2, 0) is 14.3 Å². The Balaban J connectivity index is 2.54. The van der Waals surface area contributed by atoms with Gasteiger partial charge in [0.25, 0.3) is 0 Å². The average Bonchev–Trinajstić information content (AvgIpc) is 2.42. The molecule has 0 aliphatic rings. The van der Waals surface area contributed by atoms with Gasteiger partial charge < -0.3 is 14.6 Å². The number of hydrogen-bond donors (Lipinski definition) is 2. The van der Waals surface area contributed by atoms with Gasteiger partial charge >= 0.3 is 11.9 Å². The number of thiol groups is 1. The first-order valence-electron chi connectivity index (χ1n) is 5.76. The third kappa shape index (κ3) is 5.21. The van der Waals surface area contributed by atoms with Crippen LogP contribution in [0.2, 0.25) is 0 Å². The zero-order valence-corrected chi connectivity index (χ0v) is 11.4. The highest BCUT2D eigenvalue weighted by Gasteiger charge is 2.25. The molecule has 0 spiro atoms. The van der Waals surface area contributed by atoms with Crippen molar-refractivity contribution in [3.8, 4) is 5.75 Å². The Morgan fingerprint density at radius 1 is 1.32 bits per heavy atom. The highest BCUT2D eigenvalue weighted by molar-refractivity contribution is 7.80. The SMILES string of the molecule is C[C@H](CS)C(=O)OC(COc1ccccc1)C(=O)O. The Labute approximate surface area is 116 Å². The van der Waals surface area contributed by atoms with Crippen LogP contribution in [0.15, 0.2) is 30.3 Å². The molecule has 0 fully saturated rings. The maximum absolute atomic E-state index is 11.5. The number of carbonyl (C=O) groups excluding carboxylic acids is 1. The van der Waals surface area contributed by atoms with E-state index in [9.17, 15) is 9.59 Å². The molecule has 1 aromatic carbocycles. The van der Waals surface area contributed by atoms with Gasteiger partial charge in [0.2, 0.25) is 6.10 Å². The van der Waals surface area contributed by atoms with E-state index in [1.807, 2.05) is 6.07 Å². The molecule has 0 bridgehead atoms. The molecule has 6 heteroatoms. The fraction of sp³-hybridized carbons (Fsp3) is 0.385. The molecule has 0 heterocycles. The van der Waals surface area contributed by atoms with Crippen molar-refractivity contribution in [2.24, 2.45) is 5.92 Å². The molecule has 5 nitrogen and oxygen atoms in total. The fourth-order valence-corrected chi connectivity index (χ4v) is 1.32. The van der Waals surface area contributed by atoms with Gasteiger partial charge in [-0.2, -0.15) is 12.6 Å².